The van der Waals surface area contributed by atoms with Gasteiger partial charge in [-0.15, -0.1) is 0 Å². The largest absolute Gasteiger partial charge is 0.459 e. The summed E-state index contributed by atoms with van der Waals surface area (Å²) in [4.78, 5) is 12.1. The fraction of sp³-hybridized carbons (Fsp3) is 0.500. The van der Waals surface area contributed by atoms with Crippen molar-refractivity contribution in [1.29, 1.82) is 0 Å². The summed E-state index contributed by atoms with van der Waals surface area (Å²) < 4.78 is 5.57. The lowest BCUT2D eigenvalue weighted by atomic mass is 10.0. The summed E-state index contributed by atoms with van der Waals surface area (Å²) in [6.45, 7) is 0. The number of carbonyl (C=O) groups is 1. The average Bonchev–Trinajstić information content (AvgIpc) is 2.67. The van der Waals surface area contributed by atoms with Crippen LogP contribution in [0.3, 0.4) is 0 Å². The maximum atomic E-state index is 12.1. The van der Waals surface area contributed by atoms with E-state index in [-0.39, 0.29) is 12.1 Å². The van der Waals surface area contributed by atoms with Crippen molar-refractivity contribution in [3.05, 3.63) is 33.8 Å². The molecule has 5 heteroatoms. The van der Waals surface area contributed by atoms with Gasteiger partial charge in [0.25, 0.3) is 0 Å². The van der Waals surface area contributed by atoms with E-state index in [9.17, 15) is 4.79 Å². The average molecular weight is 300 g/mol. The fourth-order valence-electron chi connectivity index (χ4n) is 2.99. The molecule has 2 bridgehead atoms. The first-order chi connectivity index (χ1) is 9.10. The van der Waals surface area contributed by atoms with Crippen LogP contribution in [-0.2, 0) is 4.74 Å². The van der Waals surface area contributed by atoms with Gasteiger partial charge in [0, 0.05) is 22.1 Å². The molecule has 0 amide bonds. The second-order valence-electron chi connectivity index (χ2n) is 5.29. The molecule has 2 heterocycles. The Bertz CT molecular complexity index is 474. The molecular formula is C14H15Cl2NO2. The Morgan fingerprint density at radius 3 is 2.26 bits per heavy atom. The summed E-state index contributed by atoms with van der Waals surface area (Å²) >= 11 is 11.8. The molecule has 2 unspecified atom stereocenters. The van der Waals surface area contributed by atoms with Gasteiger partial charge in [-0.2, -0.15) is 0 Å². The van der Waals surface area contributed by atoms with E-state index in [0.29, 0.717) is 27.7 Å². The molecule has 2 fully saturated rings. The molecule has 0 radical (unpaired) electrons. The maximum Gasteiger partial charge on any atom is 0.338 e. The predicted molar refractivity (Wildman–Crippen MR) is 74.8 cm³/mol. The number of nitrogens with one attached hydrogen (secondary N) is 1. The van der Waals surface area contributed by atoms with E-state index in [1.165, 1.54) is 12.8 Å². The third kappa shape index (κ3) is 3.04. The number of carbonyl (C=O) groups excluding carboxylic acids is 1. The van der Waals surface area contributed by atoms with E-state index < -0.39 is 0 Å². The van der Waals surface area contributed by atoms with Crippen LogP contribution in [-0.4, -0.2) is 24.2 Å². The van der Waals surface area contributed by atoms with Crippen molar-refractivity contribution in [3.63, 3.8) is 0 Å². The van der Waals surface area contributed by atoms with E-state index in [0.717, 1.165) is 12.8 Å². The lowest BCUT2D eigenvalue weighted by Gasteiger charge is -2.28. The molecule has 2 aliphatic heterocycles. The Hall–Kier alpha value is -0.770. The summed E-state index contributed by atoms with van der Waals surface area (Å²) in [6.07, 6.45) is 4.17. The number of fused-ring (bicyclic) bond motifs is 2. The molecular weight excluding hydrogens is 285 g/mol. The normalized spacial score (nSPS) is 29.3. The number of hydrogen-bond donors (Lipinski definition) is 1. The Morgan fingerprint density at radius 2 is 1.68 bits per heavy atom. The fourth-order valence-corrected chi connectivity index (χ4v) is 3.52. The van der Waals surface area contributed by atoms with Gasteiger partial charge in [0.05, 0.1) is 5.56 Å². The zero-order chi connectivity index (χ0) is 13.4. The smallest absolute Gasteiger partial charge is 0.338 e. The van der Waals surface area contributed by atoms with Crippen molar-refractivity contribution in [3.8, 4) is 0 Å². The van der Waals surface area contributed by atoms with Gasteiger partial charge < -0.3 is 10.1 Å². The first-order valence-corrected chi connectivity index (χ1v) is 7.29. The van der Waals surface area contributed by atoms with E-state index >= 15 is 0 Å². The van der Waals surface area contributed by atoms with Gasteiger partial charge in [0.1, 0.15) is 6.10 Å². The van der Waals surface area contributed by atoms with Crippen molar-refractivity contribution in [2.24, 2.45) is 0 Å². The van der Waals surface area contributed by atoms with Crippen molar-refractivity contribution < 1.29 is 9.53 Å². The predicted octanol–water partition coefficient (Wildman–Crippen LogP) is 3.43. The number of rotatable bonds is 2. The van der Waals surface area contributed by atoms with Crippen molar-refractivity contribution in [1.82, 2.24) is 5.32 Å². The summed E-state index contributed by atoms with van der Waals surface area (Å²) in [5, 5.41) is 4.42. The SMILES string of the molecule is O=C(OC1CC2CCC(C1)N2)c1cc(Cl)cc(Cl)c1. The van der Waals surface area contributed by atoms with E-state index in [4.69, 9.17) is 27.9 Å². The molecule has 0 aliphatic carbocycles. The minimum atomic E-state index is -0.337. The van der Waals surface area contributed by atoms with E-state index in [1.807, 2.05) is 0 Å². The van der Waals surface area contributed by atoms with Crippen LogP contribution in [0.25, 0.3) is 0 Å². The maximum absolute atomic E-state index is 12.1. The highest BCUT2D eigenvalue weighted by Gasteiger charge is 2.35. The molecule has 1 N–H and O–H groups in total. The molecule has 2 aliphatic rings. The molecule has 2 saturated heterocycles. The van der Waals surface area contributed by atoms with Crippen LogP contribution in [0.2, 0.25) is 10.0 Å². The summed E-state index contributed by atoms with van der Waals surface area (Å²) in [5.41, 5.74) is 0.420. The summed E-state index contributed by atoms with van der Waals surface area (Å²) in [6, 6.07) is 5.78. The molecule has 3 rings (SSSR count). The quantitative estimate of drug-likeness (QED) is 0.850. The lowest BCUT2D eigenvalue weighted by molar-refractivity contribution is 0.0177. The lowest BCUT2D eigenvalue weighted by Crippen LogP contribution is -2.42. The number of ether oxygens (including phenoxy) is 1. The zero-order valence-electron chi connectivity index (χ0n) is 10.4. The summed E-state index contributed by atoms with van der Waals surface area (Å²) in [7, 11) is 0. The van der Waals surface area contributed by atoms with E-state index in [1.54, 1.807) is 18.2 Å². The van der Waals surface area contributed by atoms with Gasteiger partial charge in [0.15, 0.2) is 0 Å². The highest BCUT2D eigenvalue weighted by molar-refractivity contribution is 6.35. The van der Waals surface area contributed by atoms with Crippen LogP contribution >= 0.6 is 23.2 Å². The molecule has 1 aromatic carbocycles. The standard InChI is InChI=1S/C14H15Cl2NO2/c15-9-3-8(4-10(16)5-9)14(18)19-13-6-11-1-2-12(7-13)17-11/h3-5,11-13,17H,1-2,6-7H2. The van der Waals surface area contributed by atoms with Crippen LogP contribution in [0.5, 0.6) is 0 Å². The second kappa shape index (κ2) is 5.31. The highest BCUT2D eigenvalue weighted by atomic mass is 35.5. The van der Waals surface area contributed by atoms with Crippen LogP contribution in [0.1, 0.15) is 36.0 Å². The minimum Gasteiger partial charge on any atom is -0.459 e. The number of esters is 1. The third-order valence-electron chi connectivity index (χ3n) is 3.80. The van der Waals surface area contributed by atoms with Gasteiger partial charge in [-0.05, 0) is 43.9 Å². The van der Waals surface area contributed by atoms with Gasteiger partial charge in [-0.1, -0.05) is 23.2 Å². The Balaban J connectivity index is 1.67. The molecule has 0 saturated carbocycles. The van der Waals surface area contributed by atoms with Crippen LogP contribution in [0, 0.1) is 0 Å². The number of halogens is 2. The molecule has 3 nitrogen and oxygen atoms in total. The van der Waals surface area contributed by atoms with Crippen molar-refractivity contribution >= 4 is 29.2 Å². The summed E-state index contributed by atoms with van der Waals surface area (Å²) in [5.74, 6) is -0.337. The van der Waals surface area contributed by atoms with E-state index in [2.05, 4.69) is 5.32 Å². The zero-order valence-corrected chi connectivity index (χ0v) is 11.9. The highest BCUT2D eigenvalue weighted by Crippen LogP contribution is 2.29. The molecule has 19 heavy (non-hydrogen) atoms. The monoisotopic (exact) mass is 299 g/mol. The topological polar surface area (TPSA) is 38.3 Å². The van der Waals surface area contributed by atoms with Crippen LogP contribution in [0.4, 0.5) is 0 Å². The van der Waals surface area contributed by atoms with Crippen LogP contribution < -0.4 is 5.32 Å². The van der Waals surface area contributed by atoms with Gasteiger partial charge >= 0.3 is 5.97 Å². The third-order valence-corrected chi connectivity index (χ3v) is 4.24. The van der Waals surface area contributed by atoms with Crippen molar-refractivity contribution in [2.45, 2.75) is 43.9 Å². The Morgan fingerprint density at radius 1 is 1.11 bits per heavy atom. The van der Waals surface area contributed by atoms with Crippen molar-refractivity contribution in [2.75, 3.05) is 0 Å². The molecule has 102 valence electrons. The molecule has 0 aromatic heterocycles. The first kappa shape index (κ1) is 13.2. The second-order valence-corrected chi connectivity index (χ2v) is 6.17. The number of benzene rings is 1. The number of hydrogen-bond acceptors (Lipinski definition) is 3. The number of piperidine rings is 1. The van der Waals surface area contributed by atoms with Crippen LogP contribution in [0.15, 0.2) is 18.2 Å². The molecule has 1 aromatic rings. The van der Waals surface area contributed by atoms with Gasteiger partial charge in [0.2, 0.25) is 0 Å². The van der Waals surface area contributed by atoms with Gasteiger partial charge in [-0.25, -0.2) is 4.79 Å². The molecule has 0 spiro atoms. The van der Waals surface area contributed by atoms with Gasteiger partial charge in [-0.3, -0.25) is 0 Å². The first-order valence-electron chi connectivity index (χ1n) is 6.53. The Labute approximate surface area is 122 Å². The minimum absolute atomic E-state index is 0.00371. The molecule has 2 atom stereocenters. The Kier molecular flexibility index (Phi) is 3.70.